The molecule has 0 aromatic heterocycles. The highest BCUT2D eigenvalue weighted by Crippen LogP contribution is 2.35. The number of hydrogen-bond acceptors (Lipinski definition) is 1. The lowest BCUT2D eigenvalue weighted by Crippen LogP contribution is -2.14. The van der Waals surface area contributed by atoms with E-state index in [0.29, 0.717) is 12.1 Å². The van der Waals surface area contributed by atoms with Gasteiger partial charge in [0.15, 0.2) is 5.69 Å². The Morgan fingerprint density at radius 2 is 2.38 bits per heavy atom. The molecule has 2 rings (SSSR count). The van der Waals surface area contributed by atoms with Crippen LogP contribution in [0.5, 0.6) is 0 Å². The monoisotopic (exact) mass is 209 g/mol. The van der Waals surface area contributed by atoms with E-state index in [2.05, 4.69) is 10.8 Å². The van der Waals surface area contributed by atoms with Crippen molar-refractivity contribution in [2.75, 3.05) is 0 Å². The fraction of sp³-hybridized carbons (Fsp3) is 0.214. The average Bonchev–Trinajstić information content (AvgIpc) is 2.71. The maximum atomic E-state index is 9.89. The second-order valence-electron chi connectivity index (χ2n) is 3.79. The molecular weight excluding hydrogens is 198 g/mol. The van der Waals surface area contributed by atoms with E-state index in [1.807, 2.05) is 24.3 Å². The summed E-state index contributed by atoms with van der Waals surface area (Å²) in [4.78, 5) is 3.39. The zero-order chi connectivity index (χ0) is 11.5. The van der Waals surface area contributed by atoms with E-state index in [-0.39, 0.29) is 5.92 Å². The number of terminal acetylenes is 1. The van der Waals surface area contributed by atoms with Gasteiger partial charge in [-0.05, 0) is 11.1 Å². The van der Waals surface area contributed by atoms with Gasteiger partial charge >= 0.3 is 0 Å². The number of nitrogens with zero attached hydrogens (tertiary/aromatic N) is 1. The van der Waals surface area contributed by atoms with E-state index < -0.39 is 6.10 Å². The van der Waals surface area contributed by atoms with Crippen LogP contribution in [0.15, 0.2) is 24.3 Å². The third-order valence-electron chi connectivity index (χ3n) is 2.78. The highest BCUT2D eigenvalue weighted by atomic mass is 16.3. The lowest BCUT2D eigenvalue weighted by Gasteiger charge is -2.16. The first-order chi connectivity index (χ1) is 7.76. The van der Waals surface area contributed by atoms with Crippen molar-refractivity contribution < 1.29 is 5.11 Å². The van der Waals surface area contributed by atoms with Gasteiger partial charge in [0, 0.05) is 12.3 Å². The first kappa shape index (κ1) is 10.5. The van der Waals surface area contributed by atoms with Crippen LogP contribution < -0.4 is 0 Å². The van der Waals surface area contributed by atoms with Gasteiger partial charge in [-0.15, -0.1) is 12.3 Å². The number of benzene rings is 1. The van der Waals surface area contributed by atoms with Gasteiger partial charge in [-0.3, -0.25) is 0 Å². The van der Waals surface area contributed by atoms with Gasteiger partial charge in [0.1, 0.15) is 0 Å². The van der Waals surface area contributed by atoms with Crippen molar-refractivity contribution in [1.29, 1.82) is 0 Å². The summed E-state index contributed by atoms with van der Waals surface area (Å²) in [5.41, 5.74) is 2.66. The third-order valence-corrected chi connectivity index (χ3v) is 2.78. The molecule has 0 saturated heterocycles. The Morgan fingerprint density at radius 3 is 3.06 bits per heavy atom. The SMILES string of the molecule is [C-]#[N+]c1ccc2c(c1)C(C(O)CC#C)C=C2. The maximum Gasteiger partial charge on any atom is 0.187 e. The molecule has 1 aromatic carbocycles. The summed E-state index contributed by atoms with van der Waals surface area (Å²) >= 11 is 0. The molecule has 1 aromatic rings. The summed E-state index contributed by atoms with van der Waals surface area (Å²) in [6, 6.07) is 5.51. The molecule has 0 amide bonds. The van der Waals surface area contributed by atoms with Crippen molar-refractivity contribution >= 4 is 11.8 Å². The van der Waals surface area contributed by atoms with Gasteiger partial charge < -0.3 is 5.11 Å². The first-order valence-electron chi connectivity index (χ1n) is 5.07. The molecule has 0 saturated carbocycles. The van der Waals surface area contributed by atoms with Crippen molar-refractivity contribution in [2.45, 2.75) is 18.4 Å². The van der Waals surface area contributed by atoms with Gasteiger partial charge in [0.05, 0.1) is 12.7 Å². The zero-order valence-corrected chi connectivity index (χ0v) is 8.72. The molecule has 0 bridgehead atoms. The van der Waals surface area contributed by atoms with Crippen LogP contribution >= 0.6 is 0 Å². The normalized spacial score (nSPS) is 18.6. The van der Waals surface area contributed by atoms with Crippen molar-refractivity contribution in [1.82, 2.24) is 0 Å². The van der Waals surface area contributed by atoms with E-state index in [9.17, 15) is 5.11 Å². The number of aliphatic hydroxyl groups excluding tert-OH is 1. The second kappa shape index (κ2) is 4.23. The Kier molecular flexibility index (Phi) is 2.77. The Balaban J connectivity index is 2.35. The topological polar surface area (TPSA) is 24.6 Å². The third kappa shape index (κ3) is 1.72. The minimum Gasteiger partial charge on any atom is -0.391 e. The van der Waals surface area contributed by atoms with E-state index in [1.165, 1.54) is 0 Å². The summed E-state index contributed by atoms with van der Waals surface area (Å²) in [5.74, 6) is 2.38. The molecule has 2 atom stereocenters. The molecule has 0 spiro atoms. The summed E-state index contributed by atoms with van der Waals surface area (Å²) < 4.78 is 0. The Hall–Kier alpha value is -2.03. The molecule has 0 fully saturated rings. The molecule has 16 heavy (non-hydrogen) atoms. The van der Waals surface area contributed by atoms with Crippen LogP contribution in [0.3, 0.4) is 0 Å². The van der Waals surface area contributed by atoms with E-state index in [0.717, 1.165) is 11.1 Å². The standard InChI is InChI=1S/C14H11NO/c1-3-4-14(16)12-8-6-10-5-7-11(15-2)9-13(10)12/h1,5-9,12,14,16H,4H2. The lowest BCUT2D eigenvalue weighted by molar-refractivity contribution is 0.165. The van der Waals surface area contributed by atoms with Crippen LogP contribution in [-0.2, 0) is 0 Å². The Morgan fingerprint density at radius 1 is 1.56 bits per heavy atom. The molecule has 1 N–H and O–H groups in total. The second-order valence-corrected chi connectivity index (χ2v) is 3.79. The van der Waals surface area contributed by atoms with Crippen molar-refractivity contribution in [3.05, 3.63) is 46.8 Å². The van der Waals surface area contributed by atoms with Crippen LogP contribution in [0.25, 0.3) is 10.9 Å². The van der Waals surface area contributed by atoms with Gasteiger partial charge in [0.2, 0.25) is 0 Å². The molecule has 0 radical (unpaired) electrons. The van der Waals surface area contributed by atoms with Gasteiger partial charge in [-0.1, -0.05) is 30.4 Å². The highest BCUT2D eigenvalue weighted by Gasteiger charge is 2.23. The zero-order valence-electron chi connectivity index (χ0n) is 8.72. The van der Waals surface area contributed by atoms with Crippen molar-refractivity contribution in [3.8, 4) is 12.3 Å². The van der Waals surface area contributed by atoms with E-state index >= 15 is 0 Å². The number of aliphatic hydroxyl groups is 1. The number of fused-ring (bicyclic) bond motifs is 1. The van der Waals surface area contributed by atoms with Crippen LogP contribution in [0, 0.1) is 18.9 Å². The van der Waals surface area contributed by atoms with Crippen molar-refractivity contribution in [3.63, 3.8) is 0 Å². The van der Waals surface area contributed by atoms with Crippen LogP contribution in [0.2, 0.25) is 0 Å². The Bertz CT molecular complexity index is 517. The maximum absolute atomic E-state index is 9.89. The van der Waals surface area contributed by atoms with Crippen LogP contribution in [0.1, 0.15) is 23.5 Å². The van der Waals surface area contributed by atoms with Crippen LogP contribution in [0.4, 0.5) is 5.69 Å². The minimum atomic E-state index is -0.566. The van der Waals surface area contributed by atoms with Gasteiger partial charge in [-0.25, -0.2) is 4.85 Å². The Labute approximate surface area is 95.1 Å². The summed E-state index contributed by atoms with van der Waals surface area (Å²) in [5, 5.41) is 9.89. The van der Waals surface area contributed by atoms with E-state index in [1.54, 1.807) is 6.07 Å². The predicted octanol–water partition coefficient (Wildman–Crippen LogP) is 2.73. The lowest BCUT2D eigenvalue weighted by atomic mass is 9.93. The summed E-state index contributed by atoms with van der Waals surface area (Å²) in [7, 11) is 0. The molecule has 0 heterocycles. The minimum absolute atomic E-state index is 0.0762. The molecule has 78 valence electrons. The molecule has 2 nitrogen and oxygen atoms in total. The molecule has 2 unspecified atom stereocenters. The van der Waals surface area contributed by atoms with Crippen molar-refractivity contribution in [2.24, 2.45) is 0 Å². The van der Waals surface area contributed by atoms with E-state index in [4.69, 9.17) is 13.0 Å². The fourth-order valence-electron chi connectivity index (χ4n) is 1.97. The van der Waals surface area contributed by atoms with Crippen LogP contribution in [-0.4, -0.2) is 11.2 Å². The number of rotatable bonds is 2. The predicted molar refractivity (Wildman–Crippen MR) is 63.9 cm³/mol. The molecule has 0 aliphatic heterocycles. The number of hydrogen-bond donors (Lipinski definition) is 1. The summed E-state index contributed by atoms with van der Waals surface area (Å²) in [6.07, 6.45) is 8.86. The highest BCUT2D eigenvalue weighted by molar-refractivity contribution is 5.67. The summed E-state index contributed by atoms with van der Waals surface area (Å²) in [6.45, 7) is 6.97. The molecule has 1 aliphatic carbocycles. The molecule has 1 aliphatic rings. The quantitative estimate of drug-likeness (QED) is 0.588. The van der Waals surface area contributed by atoms with Gasteiger partial charge in [-0.2, -0.15) is 0 Å². The smallest absolute Gasteiger partial charge is 0.187 e. The molecule has 2 heteroatoms. The average molecular weight is 209 g/mol. The fourth-order valence-corrected chi connectivity index (χ4v) is 1.97. The first-order valence-corrected chi connectivity index (χ1v) is 5.07. The molecular formula is C14H11NO. The van der Waals surface area contributed by atoms with Gasteiger partial charge in [0.25, 0.3) is 0 Å². The largest absolute Gasteiger partial charge is 0.391 e.